The first kappa shape index (κ1) is 18.5. The van der Waals surface area contributed by atoms with Gasteiger partial charge in [-0.05, 0) is 44.4 Å². The van der Waals surface area contributed by atoms with Crippen LogP contribution in [0.25, 0.3) is 0 Å². The number of nitrogens with one attached hydrogen (secondary N) is 2. The quantitative estimate of drug-likeness (QED) is 0.387. The molecule has 0 bridgehead atoms. The lowest BCUT2D eigenvalue weighted by molar-refractivity contribution is 0.131. The van der Waals surface area contributed by atoms with Crippen molar-refractivity contribution in [2.24, 2.45) is 16.8 Å². The summed E-state index contributed by atoms with van der Waals surface area (Å²) in [6, 6.07) is 0.545. The molecule has 5 heteroatoms. The van der Waals surface area contributed by atoms with Crippen LogP contribution in [0.1, 0.15) is 46.5 Å². The third-order valence-electron chi connectivity index (χ3n) is 4.45. The first-order valence-corrected chi connectivity index (χ1v) is 9.52. The molecule has 2 aliphatic rings. The van der Waals surface area contributed by atoms with Crippen molar-refractivity contribution in [3.63, 3.8) is 0 Å². The van der Waals surface area contributed by atoms with Crippen molar-refractivity contribution in [2.45, 2.75) is 52.5 Å². The minimum Gasteiger partial charge on any atom is -0.379 e. The van der Waals surface area contributed by atoms with Gasteiger partial charge in [-0.25, -0.2) is 0 Å². The van der Waals surface area contributed by atoms with E-state index >= 15 is 0 Å². The first-order valence-electron chi connectivity index (χ1n) is 9.52. The van der Waals surface area contributed by atoms with Crippen molar-refractivity contribution in [1.29, 1.82) is 0 Å². The van der Waals surface area contributed by atoms with E-state index in [2.05, 4.69) is 41.3 Å². The number of hydrogen-bond acceptors (Lipinski definition) is 3. The highest BCUT2D eigenvalue weighted by Gasteiger charge is 2.21. The van der Waals surface area contributed by atoms with E-state index < -0.39 is 0 Å². The molecular weight excluding hydrogens is 288 g/mol. The Hall–Kier alpha value is -0.810. The molecule has 0 amide bonds. The lowest BCUT2D eigenvalue weighted by Gasteiger charge is -2.34. The minimum atomic E-state index is 0.545. The van der Waals surface area contributed by atoms with Crippen molar-refractivity contribution in [1.82, 2.24) is 15.5 Å². The Labute approximate surface area is 142 Å². The number of ether oxygens (including phenoxy) is 1. The molecule has 1 aliphatic heterocycles. The second-order valence-electron chi connectivity index (χ2n) is 7.39. The SMILES string of the molecule is CCNC(=NCCOCC1CC1)NC1CCN(CC(C)C)CC1. The van der Waals surface area contributed by atoms with E-state index in [0.29, 0.717) is 6.04 Å². The van der Waals surface area contributed by atoms with Crippen molar-refractivity contribution < 1.29 is 4.74 Å². The van der Waals surface area contributed by atoms with Gasteiger partial charge in [-0.2, -0.15) is 0 Å². The number of rotatable bonds is 9. The highest BCUT2D eigenvalue weighted by molar-refractivity contribution is 5.80. The van der Waals surface area contributed by atoms with Gasteiger partial charge in [0.1, 0.15) is 0 Å². The van der Waals surface area contributed by atoms with Crippen molar-refractivity contribution >= 4 is 5.96 Å². The van der Waals surface area contributed by atoms with Crippen LogP contribution in [0, 0.1) is 11.8 Å². The van der Waals surface area contributed by atoms with Crippen LogP contribution in [0.15, 0.2) is 4.99 Å². The average Bonchev–Trinajstić information content (AvgIpc) is 3.33. The minimum absolute atomic E-state index is 0.545. The summed E-state index contributed by atoms with van der Waals surface area (Å²) < 4.78 is 5.66. The molecule has 2 fully saturated rings. The zero-order valence-corrected chi connectivity index (χ0v) is 15.3. The van der Waals surface area contributed by atoms with E-state index in [1.807, 2.05) is 0 Å². The topological polar surface area (TPSA) is 48.9 Å². The summed E-state index contributed by atoms with van der Waals surface area (Å²) in [7, 11) is 0. The zero-order chi connectivity index (χ0) is 16.5. The van der Waals surface area contributed by atoms with Crippen LogP contribution in [0.5, 0.6) is 0 Å². The molecular formula is C18H36N4O. The molecule has 1 saturated heterocycles. The predicted octanol–water partition coefficient (Wildman–Crippen LogP) is 2.09. The normalized spacial score (nSPS) is 21.0. The summed E-state index contributed by atoms with van der Waals surface area (Å²) in [5.74, 6) is 2.54. The van der Waals surface area contributed by atoms with Crippen molar-refractivity contribution in [2.75, 3.05) is 45.9 Å². The van der Waals surface area contributed by atoms with Gasteiger partial charge in [0.2, 0.25) is 0 Å². The van der Waals surface area contributed by atoms with Crippen LogP contribution >= 0.6 is 0 Å². The maximum Gasteiger partial charge on any atom is 0.191 e. The van der Waals surface area contributed by atoms with Gasteiger partial charge < -0.3 is 20.3 Å². The second kappa shape index (κ2) is 10.1. The van der Waals surface area contributed by atoms with Crippen LogP contribution in [-0.4, -0.2) is 62.8 Å². The number of aliphatic imine (C=N–C) groups is 1. The number of likely N-dealkylation sites (tertiary alicyclic amines) is 1. The molecule has 23 heavy (non-hydrogen) atoms. The number of piperidine rings is 1. The molecule has 134 valence electrons. The van der Waals surface area contributed by atoms with Crippen LogP contribution in [0.3, 0.4) is 0 Å². The largest absolute Gasteiger partial charge is 0.379 e. The summed E-state index contributed by atoms with van der Waals surface area (Å²) in [6.45, 7) is 13.6. The summed E-state index contributed by atoms with van der Waals surface area (Å²) >= 11 is 0. The molecule has 0 aromatic heterocycles. The van der Waals surface area contributed by atoms with Gasteiger partial charge in [0.25, 0.3) is 0 Å². The molecule has 0 aromatic carbocycles. The van der Waals surface area contributed by atoms with Gasteiger partial charge in [0.05, 0.1) is 13.2 Å². The highest BCUT2D eigenvalue weighted by Crippen LogP contribution is 2.28. The van der Waals surface area contributed by atoms with Crippen molar-refractivity contribution in [3.8, 4) is 0 Å². The second-order valence-corrected chi connectivity index (χ2v) is 7.39. The van der Waals surface area contributed by atoms with Crippen LogP contribution in [0.2, 0.25) is 0 Å². The van der Waals surface area contributed by atoms with E-state index in [9.17, 15) is 0 Å². The maximum atomic E-state index is 5.66. The molecule has 2 N–H and O–H groups in total. The maximum absolute atomic E-state index is 5.66. The fourth-order valence-corrected chi connectivity index (χ4v) is 3.05. The fraction of sp³-hybridized carbons (Fsp3) is 0.944. The standard InChI is InChI=1S/C18H36N4O/c1-4-19-18(20-9-12-23-14-16-5-6-16)21-17-7-10-22(11-8-17)13-15(2)3/h15-17H,4-14H2,1-3H3,(H2,19,20,21). The molecule has 0 spiro atoms. The highest BCUT2D eigenvalue weighted by atomic mass is 16.5. The summed E-state index contributed by atoms with van der Waals surface area (Å²) in [6.07, 6.45) is 5.11. The Morgan fingerprint density at radius 1 is 1.22 bits per heavy atom. The van der Waals surface area contributed by atoms with E-state index in [1.54, 1.807) is 0 Å². The van der Waals surface area contributed by atoms with E-state index in [1.165, 1.54) is 45.3 Å². The van der Waals surface area contributed by atoms with Crippen LogP contribution in [-0.2, 0) is 4.74 Å². The average molecular weight is 325 g/mol. The molecule has 1 saturated carbocycles. The smallest absolute Gasteiger partial charge is 0.191 e. The lowest BCUT2D eigenvalue weighted by Crippen LogP contribution is -2.49. The molecule has 5 nitrogen and oxygen atoms in total. The molecule has 2 rings (SSSR count). The number of nitrogens with zero attached hydrogens (tertiary/aromatic N) is 2. The van der Waals surface area contributed by atoms with Gasteiger partial charge in [-0.1, -0.05) is 13.8 Å². The summed E-state index contributed by atoms with van der Waals surface area (Å²) in [5, 5.41) is 6.95. The van der Waals surface area contributed by atoms with Gasteiger partial charge in [0.15, 0.2) is 5.96 Å². The van der Waals surface area contributed by atoms with Crippen molar-refractivity contribution in [3.05, 3.63) is 0 Å². The molecule has 1 heterocycles. The van der Waals surface area contributed by atoms with Crippen LogP contribution in [0.4, 0.5) is 0 Å². The molecule has 0 aromatic rings. The Bertz CT molecular complexity index is 347. The summed E-state index contributed by atoms with van der Waals surface area (Å²) in [4.78, 5) is 7.23. The fourth-order valence-electron chi connectivity index (χ4n) is 3.05. The zero-order valence-electron chi connectivity index (χ0n) is 15.3. The van der Waals surface area contributed by atoms with Crippen LogP contribution < -0.4 is 10.6 Å². The van der Waals surface area contributed by atoms with E-state index in [4.69, 9.17) is 4.74 Å². The molecule has 0 radical (unpaired) electrons. The Morgan fingerprint density at radius 3 is 2.57 bits per heavy atom. The Morgan fingerprint density at radius 2 is 1.96 bits per heavy atom. The molecule has 1 aliphatic carbocycles. The lowest BCUT2D eigenvalue weighted by atomic mass is 10.0. The third kappa shape index (κ3) is 8.02. The summed E-state index contributed by atoms with van der Waals surface area (Å²) in [5.41, 5.74) is 0. The van der Waals surface area contributed by atoms with E-state index in [-0.39, 0.29) is 0 Å². The molecule has 0 unspecified atom stereocenters. The number of hydrogen-bond donors (Lipinski definition) is 2. The van der Waals surface area contributed by atoms with Gasteiger partial charge >= 0.3 is 0 Å². The predicted molar refractivity (Wildman–Crippen MR) is 97.0 cm³/mol. The van der Waals surface area contributed by atoms with E-state index in [0.717, 1.165) is 44.1 Å². The number of guanidine groups is 1. The molecule has 0 atom stereocenters. The Kier molecular flexibility index (Phi) is 8.17. The first-order chi connectivity index (χ1) is 11.2. The van der Waals surface area contributed by atoms with Gasteiger partial charge in [-0.15, -0.1) is 0 Å². The Balaban J connectivity index is 1.64. The third-order valence-corrected chi connectivity index (χ3v) is 4.45. The monoisotopic (exact) mass is 324 g/mol. The van der Waals surface area contributed by atoms with Gasteiger partial charge in [-0.3, -0.25) is 4.99 Å². The van der Waals surface area contributed by atoms with Gasteiger partial charge in [0, 0.05) is 38.8 Å².